The number of hydrogen-bond donors (Lipinski definition) is 0. The second-order valence-corrected chi connectivity index (χ2v) is 6.70. The summed E-state index contributed by atoms with van der Waals surface area (Å²) in [6, 6.07) is 10.0. The molecule has 3 nitrogen and oxygen atoms in total. The Kier molecular flexibility index (Phi) is 6.72. The van der Waals surface area contributed by atoms with Crippen molar-refractivity contribution in [2.24, 2.45) is 5.92 Å². The van der Waals surface area contributed by atoms with E-state index in [-0.39, 0.29) is 12.2 Å². The molecule has 1 heterocycles. The first-order valence-electron chi connectivity index (χ1n) is 9.03. The normalized spacial score (nSPS) is 19.8. The molecule has 2 aromatic rings. The van der Waals surface area contributed by atoms with Gasteiger partial charge in [0.05, 0.1) is 19.8 Å². The molecule has 0 N–H and O–H groups in total. The molecular formula is C22H24F2O3. The van der Waals surface area contributed by atoms with Crippen molar-refractivity contribution >= 4 is 0 Å². The largest absolute Gasteiger partial charge is 0.380 e. The van der Waals surface area contributed by atoms with E-state index in [2.05, 4.69) is 6.58 Å². The highest BCUT2D eigenvalue weighted by Gasteiger charge is 2.23. The van der Waals surface area contributed by atoms with Gasteiger partial charge in [-0.3, -0.25) is 0 Å². The summed E-state index contributed by atoms with van der Waals surface area (Å²) in [7, 11) is 1.41. The van der Waals surface area contributed by atoms with Crippen LogP contribution in [0.4, 0.5) is 8.78 Å². The molecule has 0 aliphatic carbocycles. The minimum Gasteiger partial charge on any atom is -0.380 e. The molecular weight excluding hydrogens is 350 g/mol. The Morgan fingerprint density at radius 1 is 1.07 bits per heavy atom. The van der Waals surface area contributed by atoms with E-state index >= 15 is 0 Å². The maximum absolute atomic E-state index is 14.1. The zero-order valence-electron chi connectivity index (χ0n) is 15.4. The first-order valence-corrected chi connectivity index (χ1v) is 9.03. The van der Waals surface area contributed by atoms with Crippen LogP contribution in [0, 0.1) is 17.6 Å². The summed E-state index contributed by atoms with van der Waals surface area (Å²) in [6.45, 7) is 4.94. The van der Waals surface area contributed by atoms with Gasteiger partial charge < -0.3 is 14.2 Å². The van der Waals surface area contributed by atoms with Crippen LogP contribution in [0.3, 0.4) is 0 Å². The molecule has 0 atom stereocenters. The molecule has 0 amide bonds. The summed E-state index contributed by atoms with van der Waals surface area (Å²) >= 11 is 0. The summed E-state index contributed by atoms with van der Waals surface area (Å²) in [6.07, 6.45) is 3.45. The van der Waals surface area contributed by atoms with E-state index in [0.29, 0.717) is 24.7 Å². The van der Waals surface area contributed by atoms with Gasteiger partial charge in [-0.05, 0) is 36.1 Å². The van der Waals surface area contributed by atoms with Gasteiger partial charge in [-0.25, -0.2) is 8.78 Å². The topological polar surface area (TPSA) is 27.7 Å². The molecule has 27 heavy (non-hydrogen) atoms. The molecule has 144 valence electrons. The van der Waals surface area contributed by atoms with Crippen LogP contribution < -0.4 is 0 Å². The molecule has 0 radical (unpaired) electrons. The highest BCUT2D eigenvalue weighted by molar-refractivity contribution is 5.64. The predicted octanol–water partition coefficient (Wildman–Crippen LogP) is 5.41. The van der Waals surface area contributed by atoms with Crippen LogP contribution in [0.1, 0.15) is 30.3 Å². The van der Waals surface area contributed by atoms with Gasteiger partial charge in [0.15, 0.2) is 6.29 Å². The van der Waals surface area contributed by atoms with Gasteiger partial charge in [-0.2, -0.15) is 0 Å². The lowest BCUT2D eigenvalue weighted by Gasteiger charge is -2.29. The molecule has 0 saturated carbocycles. The van der Waals surface area contributed by atoms with E-state index in [9.17, 15) is 8.78 Å². The lowest BCUT2D eigenvalue weighted by molar-refractivity contribution is -0.205. The fraction of sp³-hybridized carbons (Fsp3) is 0.364. The van der Waals surface area contributed by atoms with Gasteiger partial charge in [0.25, 0.3) is 0 Å². The lowest BCUT2D eigenvalue weighted by Crippen LogP contribution is -2.26. The predicted molar refractivity (Wildman–Crippen MR) is 100 cm³/mol. The highest BCUT2D eigenvalue weighted by Crippen LogP contribution is 2.30. The van der Waals surface area contributed by atoms with Crippen molar-refractivity contribution < 1.29 is 23.0 Å². The molecule has 0 unspecified atom stereocenters. The Labute approximate surface area is 158 Å². The average Bonchev–Trinajstić information content (AvgIpc) is 2.69. The van der Waals surface area contributed by atoms with Crippen LogP contribution in [0.15, 0.2) is 49.1 Å². The third kappa shape index (κ3) is 4.80. The SMILES string of the molecule is C=CCC[C@H]1CO[C@H](c2ccc(-c3cc(F)c(COC)c(F)c3)cc2)OC1. The Morgan fingerprint density at radius 3 is 2.26 bits per heavy atom. The zero-order chi connectivity index (χ0) is 19.2. The van der Waals surface area contributed by atoms with Gasteiger partial charge >= 0.3 is 0 Å². The number of benzene rings is 2. The Hall–Kier alpha value is -2.08. The molecule has 1 fully saturated rings. The molecule has 1 saturated heterocycles. The Balaban J connectivity index is 1.68. The van der Waals surface area contributed by atoms with Crippen LogP contribution in [-0.4, -0.2) is 20.3 Å². The molecule has 2 aromatic carbocycles. The first-order chi connectivity index (χ1) is 13.1. The number of rotatable bonds is 7. The van der Waals surface area contributed by atoms with E-state index in [1.807, 2.05) is 30.3 Å². The highest BCUT2D eigenvalue weighted by atomic mass is 19.1. The summed E-state index contributed by atoms with van der Waals surface area (Å²) in [5, 5.41) is 0. The van der Waals surface area contributed by atoms with Crippen molar-refractivity contribution in [1.29, 1.82) is 0 Å². The van der Waals surface area contributed by atoms with Crippen LogP contribution in [0.5, 0.6) is 0 Å². The standard InChI is InChI=1S/C22H24F2O3/c1-3-4-5-15-12-26-22(27-13-15)17-8-6-16(7-9-17)18-10-20(23)19(14-25-2)21(24)11-18/h3,6-11,15,22H,1,4-5,12-14H2,2H3/t15-,22-. The van der Waals surface area contributed by atoms with Crippen molar-refractivity contribution in [3.8, 4) is 11.1 Å². The van der Waals surface area contributed by atoms with Crippen LogP contribution in [0.25, 0.3) is 11.1 Å². The van der Waals surface area contributed by atoms with Gasteiger partial charge in [-0.15, -0.1) is 6.58 Å². The van der Waals surface area contributed by atoms with Crippen LogP contribution in [-0.2, 0) is 20.8 Å². The molecule has 1 aliphatic heterocycles. The minimum absolute atomic E-state index is 0.0621. The summed E-state index contributed by atoms with van der Waals surface area (Å²) < 4.78 is 44.7. The minimum atomic E-state index is -0.611. The monoisotopic (exact) mass is 374 g/mol. The summed E-state index contributed by atoms with van der Waals surface area (Å²) in [5.41, 5.74) is 2.03. The van der Waals surface area contributed by atoms with Crippen LogP contribution >= 0.6 is 0 Å². The fourth-order valence-corrected chi connectivity index (χ4v) is 3.14. The quantitative estimate of drug-likeness (QED) is 0.607. The van der Waals surface area contributed by atoms with Gasteiger partial charge in [0, 0.05) is 24.2 Å². The summed E-state index contributed by atoms with van der Waals surface area (Å²) in [4.78, 5) is 0. The average molecular weight is 374 g/mol. The van der Waals surface area contributed by atoms with Crippen molar-refractivity contribution in [1.82, 2.24) is 0 Å². The second kappa shape index (κ2) is 9.22. The summed E-state index contributed by atoms with van der Waals surface area (Å²) in [5.74, 6) is -0.837. The van der Waals surface area contributed by atoms with E-state index in [1.165, 1.54) is 19.2 Å². The second-order valence-electron chi connectivity index (χ2n) is 6.70. The molecule has 1 aliphatic rings. The molecule has 0 aromatic heterocycles. The van der Waals surface area contributed by atoms with E-state index in [4.69, 9.17) is 14.2 Å². The first kappa shape index (κ1) is 19.7. The van der Waals surface area contributed by atoms with Crippen molar-refractivity contribution in [2.45, 2.75) is 25.7 Å². The van der Waals surface area contributed by atoms with E-state index in [0.717, 1.165) is 24.0 Å². The number of allylic oxidation sites excluding steroid dienone is 1. The maximum atomic E-state index is 14.1. The third-order valence-electron chi connectivity index (χ3n) is 4.69. The lowest BCUT2D eigenvalue weighted by atomic mass is 10.0. The maximum Gasteiger partial charge on any atom is 0.183 e. The van der Waals surface area contributed by atoms with E-state index in [1.54, 1.807) is 0 Å². The smallest absolute Gasteiger partial charge is 0.183 e. The van der Waals surface area contributed by atoms with Gasteiger partial charge in [0.1, 0.15) is 11.6 Å². The third-order valence-corrected chi connectivity index (χ3v) is 4.69. The van der Waals surface area contributed by atoms with Crippen molar-refractivity contribution in [2.75, 3.05) is 20.3 Å². The number of methoxy groups -OCH3 is 1. The zero-order valence-corrected chi connectivity index (χ0v) is 15.4. The molecule has 5 heteroatoms. The molecule has 0 spiro atoms. The number of halogens is 2. The van der Waals surface area contributed by atoms with E-state index < -0.39 is 17.9 Å². The van der Waals surface area contributed by atoms with Crippen molar-refractivity contribution in [3.05, 3.63) is 71.8 Å². The number of hydrogen-bond acceptors (Lipinski definition) is 3. The fourth-order valence-electron chi connectivity index (χ4n) is 3.14. The number of ether oxygens (including phenoxy) is 3. The Morgan fingerprint density at radius 2 is 1.70 bits per heavy atom. The van der Waals surface area contributed by atoms with Gasteiger partial charge in [-0.1, -0.05) is 30.3 Å². The Bertz CT molecular complexity index is 743. The van der Waals surface area contributed by atoms with Gasteiger partial charge in [0.2, 0.25) is 0 Å². The van der Waals surface area contributed by atoms with Crippen LogP contribution in [0.2, 0.25) is 0 Å². The molecule has 3 rings (SSSR count). The van der Waals surface area contributed by atoms with Crippen molar-refractivity contribution in [3.63, 3.8) is 0 Å². The molecule has 0 bridgehead atoms.